The number of methoxy groups -OCH3 is 1. The lowest BCUT2D eigenvalue weighted by molar-refractivity contribution is -0.139. The van der Waals surface area contributed by atoms with Crippen molar-refractivity contribution in [2.45, 2.75) is 69.4 Å². The second-order valence-electron chi connectivity index (χ2n) is 10.3. The largest absolute Gasteiger partial charge is 0.385 e. The molecule has 3 atom stereocenters. The predicted molar refractivity (Wildman–Crippen MR) is 140 cm³/mol. The molecule has 1 unspecified atom stereocenters. The zero-order valence-corrected chi connectivity index (χ0v) is 21.4. The van der Waals surface area contributed by atoms with Gasteiger partial charge in [0.05, 0.1) is 12.0 Å². The maximum Gasteiger partial charge on any atom is 0.250 e. The van der Waals surface area contributed by atoms with Crippen LogP contribution in [0.25, 0.3) is 0 Å². The van der Waals surface area contributed by atoms with Gasteiger partial charge in [0.15, 0.2) is 0 Å². The summed E-state index contributed by atoms with van der Waals surface area (Å²) in [6.07, 6.45) is 16.4. The lowest BCUT2D eigenvalue weighted by Crippen LogP contribution is -2.51. The fourth-order valence-electron chi connectivity index (χ4n) is 5.57. The number of aromatic nitrogens is 1. The Morgan fingerprint density at radius 2 is 2.11 bits per heavy atom. The Balaban J connectivity index is 1.59. The summed E-state index contributed by atoms with van der Waals surface area (Å²) in [5.41, 5.74) is 3.27. The molecule has 0 aromatic carbocycles. The van der Waals surface area contributed by atoms with Crippen molar-refractivity contribution < 1.29 is 9.53 Å². The van der Waals surface area contributed by atoms with E-state index in [1.807, 2.05) is 12.3 Å². The van der Waals surface area contributed by atoms with E-state index < -0.39 is 0 Å². The number of nitrogens with zero attached hydrogens (tertiary/aromatic N) is 2. The molecule has 0 radical (unpaired) electrons. The second-order valence-corrected chi connectivity index (χ2v) is 10.3. The molecule has 190 valence electrons. The summed E-state index contributed by atoms with van der Waals surface area (Å²) >= 11 is 0. The van der Waals surface area contributed by atoms with Crippen LogP contribution < -0.4 is 10.9 Å². The standard InChI is InChI=1S/C29H41N3O3/c1-21-18-22(9-7-17-35-3)8-5-4-6-10-27(21)32(24-11-12-24)29(34)26-20-30-15-13-25(26)23-14-16-31(2)28(33)19-23/h5,8,14,16,18-19,24-27,30H,1,4,6-7,9-13,15,17,20H2,2-3H3/b8-5-,22-18+/t25-,26+,27?/m1/s1. The first-order valence-corrected chi connectivity index (χ1v) is 13.2. The predicted octanol–water partition coefficient (Wildman–Crippen LogP) is 4.09. The number of amides is 1. The van der Waals surface area contributed by atoms with Gasteiger partial charge in [-0.1, -0.05) is 24.8 Å². The van der Waals surface area contributed by atoms with Crippen LogP contribution in [0.3, 0.4) is 0 Å². The lowest BCUT2D eigenvalue weighted by atomic mass is 9.80. The molecule has 4 rings (SSSR count). The molecule has 1 saturated carbocycles. The monoisotopic (exact) mass is 479 g/mol. The molecule has 3 aliphatic rings. The Bertz CT molecular complexity index is 1020. The molecule has 2 heterocycles. The maximum atomic E-state index is 14.2. The Kier molecular flexibility index (Phi) is 8.79. The van der Waals surface area contributed by atoms with Crippen LogP contribution >= 0.6 is 0 Å². The number of hydrogen-bond donors (Lipinski definition) is 1. The Hall–Kier alpha value is -2.44. The van der Waals surface area contributed by atoms with E-state index in [4.69, 9.17) is 4.74 Å². The Morgan fingerprint density at radius 1 is 1.29 bits per heavy atom. The molecule has 0 spiro atoms. The average Bonchev–Trinajstić information content (AvgIpc) is 3.68. The van der Waals surface area contributed by atoms with Gasteiger partial charge in [0.25, 0.3) is 5.56 Å². The highest BCUT2D eigenvalue weighted by atomic mass is 16.5. The van der Waals surface area contributed by atoms with Crippen molar-refractivity contribution in [3.05, 3.63) is 70.2 Å². The number of hydrogen-bond acceptors (Lipinski definition) is 4. The van der Waals surface area contributed by atoms with Gasteiger partial charge in [-0.25, -0.2) is 0 Å². The van der Waals surface area contributed by atoms with Crippen LogP contribution in [0.15, 0.2) is 59.1 Å². The Morgan fingerprint density at radius 3 is 2.86 bits per heavy atom. The molecule has 1 N–H and O–H groups in total. The summed E-state index contributed by atoms with van der Waals surface area (Å²) in [5, 5.41) is 3.45. The topological polar surface area (TPSA) is 63.6 Å². The van der Waals surface area contributed by atoms with Crippen LogP contribution in [0, 0.1) is 5.92 Å². The van der Waals surface area contributed by atoms with Gasteiger partial charge in [0.2, 0.25) is 5.91 Å². The summed E-state index contributed by atoms with van der Waals surface area (Å²) in [7, 11) is 3.50. The van der Waals surface area contributed by atoms with E-state index in [1.165, 1.54) is 5.57 Å². The number of nitrogens with one attached hydrogen (secondary N) is 1. The summed E-state index contributed by atoms with van der Waals surface area (Å²) < 4.78 is 6.83. The average molecular weight is 480 g/mol. The second kappa shape index (κ2) is 12.0. The van der Waals surface area contributed by atoms with Gasteiger partial charge >= 0.3 is 0 Å². The van der Waals surface area contributed by atoms with Crippen molar-refractivity contribution in [1.29, 1.82) is 0 Å². The van der Waals surface area contributed by atoms with E-state index >= 15 is 0 Å². The third-order valence-electron chi connectivity index (χ3n) is 7.68. The molecule has 6 heteroatoms. The smallest absolute Gasteiger partial charge is 0.250 e. The number of ether oxygens (including phenoxy) is 1. The maximum absolute atomic E-state index is 14.2. The van der Waals surface area contributed by atoms with Crippen LogP contribution in [0.4, 0.5) is 0 Å². The first kappa shape index (κ1) is 25.6. The SMILES string of the molecule is C=C1/C=C(CCCOC)\C=C/CCCC1N(C(=O)[C@H]1CNCC[C@@H]1c1ccn(C)c(=O)c1)C1CC1. The van der Waals surface area contributed by atoms with Crippen molar-refractivity contribution in [3.8, 4) is 0 Å². The third kappa shape index (κ3) is 6.42. The zero-order valence-electron chi connectivity index (χ0n) is 21.4. The van der Waals surface area contributed by atoms with E-state index in [9.17, 15) is 9.59 Å². The van der Waals surface area contributed by atoms with E-state index in [1.54, 1.807) is 24.8 Å². The molecule has 2 fully saturated rings. The molecule has 35 heavy (non-hydrogen) atoms. The number of rotatable bonds is 8. The van der Waals surface area contributed by atoms with Crippen LogP contribution in [-0.4, -0.2) is 54.3 Å². The molecular weight excluding hydrogens is 438 g/mol. The van der Waals surface area contributed by atoms with E-state index in [0.29, 0.717) is 12.6 Å². The highest BCUT2D eigenvalue weighted by Gasteiger charge is 2.43. The van der Waals surface area contributed by atoms with E-state index in [0.717, 1.165) is 75.7 Å². The summed E-state index contributed by atoms with van der Waals surface area (Å²) in [6, 6.07) is 4.06. The summed E-state index contributed by atoms with van der Waals surface area (Å²) in [6.45, 7) is 6.74. The van der Waals surface area contributed by atoms with Gasteiger partial charge in [-0.05, 0) is 86.6 Å². The molecule has 6 nitrogen and oxygen atoms in total. The van der Waals surface area contributed by atoms with Gasteiger partial charge in [-0.3, -0.25) is 9.59 Å². The van der Waals surface area contributed by atoms with Crippen LogP contribution in [0.5, 0.6) is 0 Å². The quantitative estimate of drug-likeness (QED) is 0.571. The lowest BCUT2D eigenvalue weighted by Gasteiger charge is -2.39. The first-order chi connectivity index (χ1) is 17.0. The number of allylic oxidation sites excluding steroid dienone is 3. The minimum absolute atomic E-state index is 0.0189. The fourth-order valence-corrected chi connectivity index (χ4v) is 5.57. The minimum atomic E-state index is -0.167. The molecule has 1 aliphatic heterocycles. The highest BCUT2D eigenvalue weighted by molar-refractivity contribution is 5.82. The number of piperidine rings is 1. The van der Waals surface area contributed by atoms with E-state index in [-0.39, 0.29) is 29.3 Å². The third-order valence-corrected chi connectivity index (χ3v) is 7.68. The molecule has 0 bridgehead atoms. The van der Waals surface area contributed by atoms with Crippen molar-refractivity contribution in [2.75, 3.05) is 26.8 Å². The van der Waals surface area contributed by atoms with Crippen molar-refractivity contribution >= 4 is 5.91 Å². The number of carbonyl (C=O) groups is 1. The molecule has 1 amide bonds. The fraction of sp³-hybridized carbons (Fsp3) is 0.586. The Labute approximate surface area is 209 Å². The van der Waals surface area contributed by atoms with Gasteiger partial charge in [0, 0.05) is 45.6 Å². The molecule has 1 aromatic rings. The van der Waals surface area contributed by atoms with Gasteiger partial charge < -0.3 is 19.5 Å². The van der Waals surface area contributed by atoms with Crippen LogP contribution in [0.2, 0.25) is 0 Å². The van der Waals surface area contributed by atoms with Crippen molar-refractivity contribution in [2.24, 2.45) is 13.0 Å². The van der Waals surface area contributed by atoms with Crippen LogP contribution in [0.1, 0.15) is 62.8 Å². The number of aryl methyl sites for hydroxylation is 1. The summed E-state index contributed by atoms with van der Waals surface area (Å²) in [5.74, 6) is 0.114. The zero-order chi connectivity index (χ0) is 24.8. The van der Waals surface area contributed by atoms with Crippen molar-refractivity contribution in [1.82, 2.24) is 14.8 Å². The molecule has 2 aliphatic carbocycles. The normalized spacial score (nSPS) is 27.8. The van der Waals surface area contributed by atoms with Gasteiger partial charge in [-0.15, -0.1) is 0 Å². The van der Waals surface area contributed by atoms with Crippen molar-refractivity contribution in [3.63, 3.8) is 0 Å². The first-order valence-electron chi connectivity index (χ1n) is 13.2. The van der Waals surface area contributed by atoms with Crippen LogP contribution in [-0.2, 0) is 16.6 Å². The minimum Gasteiger partial charge on any atom is -0.385 e. The number of pyridine rings is 1. The number of carbonyl (C=O) groups excluding carboxylic acids is 1. The van der Waals surface area contributed by atoms with E-state index in [2.05, 4.69) is 35.0 Å². The van der Waals surface area contributed by atoms with Gasteiger partial charge in [-0.2, -0.15) is 0 Å². The molecule has 1 aromatic heterocycles. The summed E-state index contributed by atoms with van der Waals surface area (Å²) in [4.78, 5) is 28.8. The molecular formula is C29H41N3O3. The molecule has 1 saturated heterocycles. The van der Waals surface area contributed by atoms with Gasteiger partial charge in [0.1, 0.15) is 0 Å². The highest BCUT2D eigenvalue weighted by Crippen LogP contribution is 2.38.